The van der Waals surface area contributed by atoms with Crippen LogP contribution in [0.25, 0.3) is 0 Å². The summed E-state index contributed by atoms with van der Waals surface area (Å²) in [5, 5.41) is 10.7. The second-order valence-corrected chi connectivity index (χ2v) is 8.83. The molecule has 136 valence electrons. The summed E-state index contributed by atoms with van der Waals surface area (Å²) >= 11 is 0. The van der Waals surface area contributed by atoms with E-state index in [2.05, 4.69) is 42.4 Å². The SMILES string of the molecule is CC(C)N1CCC(CN2CCN(C(C)C)C[C@@H]2C(C)(C)O)CC1. The molecule has 0 aromatic carbocycles. The lowest BCUT2D eigenvalue weighted by molar-refractivity contribution is -0.0697. The van der Waals surface area contributed by atoms with Gasteiger partial charge in [-0.1, -0.05) is 0 Å². The highest BCUT2D eigenvalue weighted by Crippen LogP contribution is 2.26. The Bertz CT molecular complexity index is 356. The minimum absolute atomic E-state index is 0.252. The fourth-order valence-corrected chi connectivity index (χ4v) is 4.18. The molecule has 0 spiro atoms. The summed E-state index contributed by atoms with van der Waals surface area (Å²) in [5.74, 6) is 0.792. The first kappa shape index (κ1) is 19.2. The molecular formula is C19H39N3O. The van der Waals surface area contributed by atoms with E-state index in [0.717, 1.165) is 32.1 Å². The number of likely N-dealkylation sites (tertiary alicyclic amines) is 1. The molecule has 2 fully saturated rings. The molecule has 0 radical (unpaired) electrons. The molecule has 2 saturated heterocycles. The molecule has 0 aliphatic carbocycles. The minimum atomic E-state index is -0.633. The largest absolute Gasteiger partial charge is 0.389 e. The molecular weight excluding hydrogens is 286 g/mol. The van der Waals surface area contributed by atoms with Crippen molar-refractivity contribution >= 4 is 0 Å². The number of hydrogen-bond acceptors (Lipinski definition) is 4. The standard InChI is InChI=1S/C19H39N3O/c1-15(2)20-9-7-17(8-10-20)13-22-12-11-21(16(3)4)14-18(22)19(5,6)23/h15-18,23H,7-14H2,1-6H3/t18-/m1/s1. The fourth-order valence-electron chi connectivity index (χ4n) is 4.18. The third-order valence-corrected chi connectivity index (χ3v) is 5.94. The normalized spacial score (nSPS) is 27.3. The van der Waals surface area contributed by atoms with Gasteiger partial charge in [-0.25, -0.2) is 0 Å². The summed E-state index contributed by atoms with van der Waals surface area (Å²) in [6.07, 6.45) is 2.61. The predicted molar refractivity (Wildman–Crippen MR) is 97.8 cm³/mol. The molecule has 4 heteroatoms. The molecule has 2 heterocycles. The molecule has 0 unspecified atom stereocenters. The third-order valence-electron chi connectivity index (χ3n) is 5.94. The van der Waals surface area contributed by atoms with Gasteiger partial charge in [-0.3, -0.25) is 9.80 Å². The molecule has 0 bridgehead atoms. The predicted octanol–water partition coefficient (Wildman–Crippen LogP) is 2.27. The summed E-state index contributed by atoms with van der Waals surface area (Å²) in [4.78, 5) is 7.69. The van der Waals surface area contributed by atoms with Crippen molar-refractivity contribution in [3.8, 4) is 0 Å². The lowest BCUT2D eigenvalue weighted by Crippen LogP contribution is -2.63. The zero-order valence-electron chi connectivity index (χ0n) is 16.3. The summed E-state index contributed by atoms with van der Waals surface area (Å²) in [5.41, 5.74) is -0.633. The van der Waals surface area contributed by atoms with Gasteiger partial charge in [0.25, 0.3) is 0 Å². The minimum Gasteiger partial charge on any atom is -0.389 e. The number of nitrogens with zero attached hydrogens (tertiary/aromatic N) is 3. The van der Waals surface area contributed by atoms with Crippen LogP contribution in [-0.2, 0) is 0 Å². The van der Waals surface area contributed by atoms with Crippen molar-refractivity contribution in [2.45, 2.75) is 78.1 Å². The van der Waals surface area contributed by atoms with E-state index in [-0.39, 0.29) is 6.04 Å². The third kappa shape index (κ3) is 5.15. The van der Waals surface area contributed by atoms with E-state index in [9.17, 15) is 5.11 Å². The Labute approximate surface area is 143 Å². The van der Waals surface area contributed by atoms with Crippen LogP contribution in [0.5, 0.6) is 0 Å². The molecule has 1 N–H and O–H groups in total. The molecule has 2 aliphatic rings. The number of piperazine rings is 1. The maximum Gasteiger partial charge on any atom is 0.0758 e. The molecule has 23 heavy (non-hydrogen) atoms. The Balaban J connectivity index is 1.93. The van der Waals surface area contributed by atoms with Gasteiger partial charge >= 0.3 is 0 Å². The summed E-state index contributed by atoms with van der Waals surface area (Å²) in [6.45, 7) is 19.9. The molecule has 2 rings (SSSR count). The monoisotopic (exact) mass is 325 g/mol. The highest BCUT2D eigenvalue weighted by molar-refractivity contribution is 4.94. The topological polar surface area (TPSA) is 30.0 Å². The van der Waals surface area contributed by atoms with Gasteiger partial charge < -0.3 is 10.0 Å². The molecule has 0 aromatic rings. The molecule has 0 aromatic heterocycles. The average molecular weight is 326 g/mol. The van der Waals surface area contributed by atoms with Crippen molar-refractivity contribution < 1.29 is 5.11 Å². The second kappa shape index (κ2) is 7.81. The molecule has 2 aliphatic heterocycles. The maximum atomic E-state index is 10.7. The van der Waals surface area contributed by atoms with Gasteiger partial charge in [0.15, 0.2) is 0 Å². The van der Waals surface area contributed by atoms with Crippen LogP contribution in [0.1, 0.15) is 54.4 Å². The Morgan fingerprint density at radius 1 is 0.913 bits per heavy atom. The Kier molecular flexibility index (Phi) is 6.51. The Hall–Kier alpha value is -0.160. The van der Waals surface area contributed by atoms with E-state index in [1.165, 1.54) is 25.9 Å². The van der Waals surface area contributed by atoms with Crippen molar-refractivity contribution in [3.63, 3.8) is 0 Å². The van der Waals surface area contributed by atoms with E-state index in [1.54, 1.807) is 0 Å². The highest BCUT2D eigenvalue weighted by atomic mass is 16.3. The molecule has 4 nitrogen and oxygen atoms in total. The van der Waals surface area contributed by atoms with Crippen LogP contribution in [0.2, 0.25) is 0 Å². The zero-order valence-corrected chi connectivity index (χ0v) is 16.3. The van der Waals surface area contributed by atoms with Crippen LogP contribution < -0.4 is 0 Å². The van der Waals surface area contributed by atoms with Crippen LogP contribution in [-0.4, -0.2) is 82.8 Å². The number of aliphatic hydroxyl groups is 1. The highest BCUT2D eigenvalue weighted by Gasteiger charge is 2.38. The van der Waals surface area contributed by atoms with Crippen molar-refractivity contribution in [1.29, 1.82) is 0 Å². The number of rotatable bonds is 5. The first-order valence-electron chi connectivity index (χ1n) is 9.63. The van der Waals surface area contributed by atoms with Crippen LogP contribution in [0, 0.1) is 5.92 Å². The van der Waals surface area contributed by atoms with E-state index < -0.39 is 5.60 Å². The van der Waals surface area contributed by atoms with Crippen LogP contribution >= 0.6 is 0 Å². The van der Waals surface area contributed by atoms with Gasteiger partial charge in [-0.15, -0.1) is 0 Å². The number of hydrogen-bond donors (Lipinski definition) is 1. The smallest absolute Gasteiger partial charge is 0.0758 e. The first-order valence-corrected chi connectivity index (χ1v) is 9.63. The van der Waals surface area contributed by atoms with Gasteiger partial charge in [-0.2, -0.15) is 0 Å². The fraction of sp³-hybridized carbons (Fsp3) is 1.00. The van der Waals surface area contributed by atoms with Crippen LogP contribution in [0.4, 0.5) is 0 Å². The lowest BCUT2D eigenvalue weighted by atomic mass is 9.90. The Morgan fingerprint density at radius 2 is 1.48 bits per heavy atom. The summed E-state index contributed by atoms with van der Waals surface area (Å²) in [7, 11) is 0. The van der Waals surface area contributed by atoms with Gasteiger partial charge in [0.2, 0.25) is 0 Å². The summed E-state index contributed by atoms with van der Waals surface area (Å²) < 4.78 is 0. The van der Waals surface area contributed by atoms with Crippen molar-refractivity contribution in [2.75, 3.05) is 39.3 Å². The molecule has 0 saturated carbocycles. The van der Waals surface area contributed by atoms with Gasteiger partial charge in [-0.05, 0) is 73.4 Å². The molecule has 1 atom stereocenters. The quantitative estimate of drug-likeness (QED) is 0.840. The maximum absolute atomic E-state index is 10.7. The van der Waals surface area contributed by atoms with Crippen molar-refractivity contribution in [3.05, 3.63) is 0 Å². The first-order chi connectivity index (χ1) is 10.7. The summed E-state index contributed by atoms with van der Waals surface area (Å²) in [6, 6.07) is 1.49. The van der Waals surface area contributed by atoms with Crippen molar-refractivity contribution in [2.24, 2.45) is 5.92 Å². The van der Waals surface area contributed by atoms with E-state index in [4.69, 9.17) is 0 Å². The van der Waals surface area contributed by atoms with E-state index in [0.29, 0.717) is 12.1 Å². The van der Waals surface area contributed by atoms with E-state index in [1.807, 2.05) is 13.8 Å². The van der Waals surface area contributed by atoms with Crippen LogP contribution in [0.15, 0.2) is 0 Å². The van der Waals surface area contributed by atoms with Crippen molar-refractivity contribution in [1.82, 2.24) is 14.7 Å². The van der Waals surface area contributed by atoms with Crippen LogP contribution in [0.3, 0.4) is 0 Å². The second-order valence-electron chi connectivity index (χ2n) is 8.83. The zero-order chi connectivity index (χ0) is 17.2. The van der Waals surface area contributed by atoms with Gasteiger partial charge in [0.05, 0.1) is 11.6 Å². The van der Waals surface area contributed by atoms with Gasteiger partial charge in [0, 0.05) is 38.3 Å². The molecule has 0 amide bonds. The lowest BCUT2D eigenvalue weighted by Gasteiger charge is -2.49. The Morgan fingerprint density at radius 3 is 1.96 bits per heavy atom. The van der Waals surface area contributed by atoms with Gasteiger partial charge in [0.1, 0.15) is 0 Å². The number of piperidine rings is 1. The van der Waals surface area contributed by atoms with E-state index >= 15 is 0 Å². The average Bonchev–Trinajstić information content (AvgIpc) is 2.46.